The van der Waals surface area contributed by atoms with E-state index in [1.807, 2.05) is 42.5 Å². The molecule has 0 fully saturated rings. The summed E-state index contributed by atoms with van der Waals surface area (Å²) < 4.78 is 5.25. The Hall–Kier alpha value is -2.53. The summed E-state index contributed by atoms with van der Waals surface area (Å²) in [6.45, 7) is 0. The molecule has 5 nitrogen and oxygen atoms in total. The van der Waals surface area contributed by atoms with E-state index in [-0.39, 0.29) is 0 Å². The van der Waals surface area contributed by atoms with Gasteiger partial charge in [-0.15, -0.1) is 0 Å². The molecule has 0 amide bonds. The average Bonchev–Trinajstić information content (AvgIpc) is 2.97. The highest BCUT2D eigenvalue weighted by Crippen LogP contribution is 2.18. The predicted octanol–water partition coefficient (Wildman–Crippen LogP) is 2.10. The van der Waals surface area contributed by atoms with E-state index in [0.29, 0.717) is 18.1 Å². The van der Waals surface area contributed by atoms with E-state index in [9.17, 15) is 0 Å². The highest BCUT2D eigenvalue weighted by Gasteiger charge is 2.16. The molecule has 0 saturated heterocycles. The molecule has 0 aliphatic heterocycles. The van der Waals surface area contributed by atoms with Crippen LogP contribution in [0.1, 0.15) is 28.9 Å². The third kappa shape index (κ3) is 2.73. The van der Waals surface area contributed by atoms with Crippen molar-refractivity contribution in [2.45, 2.75) is 12.5 Å². The number of benzene rings is 1. The van der Waals surface area contributed by atoms with Gasteiger partial charge in [0.05, 0.1) is 0 Å². The molecular formula is C15H14N4O. The molecule has 20 heavy (non-hydrogen) atoms. The molecule has 5 heteroatoms. The van der Waals surface area contributed by atoms with Crippen LogP contribution in [0.4, 0.5) is 0 Å². The molecular weight excluding hydrogens is 252 g/mol. The van der Waals surface area contributed by atoms with Crippen LogP contribution in [0.5, 0.6) is 0 Å². The van der Waals surface area contributed by atoms with Crippen molar-refractivity contribution in [2.24, 2.45) is 5.73 Å². The Morgan fingerprint density at radius 1 is 1.05 bits per heavy atom. The van der Waals surface area contributed by atoms with Crippen molar-refractivity contribution in [3.05, 3.63) is 77.7 Å². The Labute approximate surface area is 116 Å². The Morgan fingerprint density at radius 2 is 1.80 bits per heavy atom. The number of aromatic nitrogens is 3. The molecule has 0 bridgehead atoms. The molecule has 0 aliphatic rings. The van der Waals surface area contributed by atoms with Gasteiger partial charge in [-0.2, -0.15) is 4.98 Å². The lowest BCUT2D eigenvalue weighted by Gasteiger charge is -2.05. The van der Waals surface area contributed by atoms with Crippen LogP contribution in [-0.4, -0.2) is 15.1 Å². The van der Waals surface area contributed by atoms with Gasteiger partial charge in [-0.05, 0) is 23.3 Å². The molecule has 0 spiro atoms. The van der Waals surface area contributed by atoms with Crippen LogP contribution in [0.2, 0.25) is 0 Å². The van der Waals surface area contributed by atoms with Crippen molar-refractivity contribution in [3.8, 4) is 0 Å². The van der Waals surface area contributed by atoms with Crippen LogP contribution in [0.3, 0.4) is 0 Å². The summed E-state index contributed by atoms with van der Waals surface area (Å²) in [5.74, 6) is 1.05. The van der Waals surface area contributed by atoms with Crippen LogP contribution in [0, 0.1) is 0 Å². The van der Waals surface area contributed by atoms with Gasteiger partial charge < -0.3 is 10.3 Å². The lowest BCUT2D eigenvalue weighted by Crippen LogP contribution is -2.12. The summed E-state index contributed by atoms with van der Waals surface area (Å²) in [5, 5.41) is 3.97. The van der Waals surface area contributed by atoms with Crippen LogP contribution in [-0.2, 0) is 6.42 Å². The van der Waals surface area contributed by atoms with E-state index in [4.69, 9.17) is 10.3 Å². The van der Waals surface area contributed by atoms with Gasteiger partial charge in [-0.1, -0.05) is 35.5 Å². The summed E-state index contributed by atoms with van der Waals surface area (Å²) >= 11 is 0. The minimum atomic E-state index is -0.394. The maximum Gasteiger partial charge on any atom is 0.248 e. The fraction of sp³-hybridized carbons (Fsp3) is 0.133. The van der Waals surface area contributed by atoms with Gasteiger partial charge in [0.2, 0.25) is 5.89 Å². The van der Waals surface area contributed by atoms with Gasteiger partial charge in [0.1, 0.15) is 6.04 Å². The zero-order chi connectivity index (χ0) is 13.8. The Morgan fingerprint density at radius 3 is 2.55 bits per heavy atom. The van der Waals surface area contributed by atoms with E-state index in [2.05, 4.69) is 15.1 Å². The third-order valence-corrected chi connectivity index (χ3v) is 3.02. The number of pyridine rings is 1. The van der Waals surface area contributed by atoms with Gasteiger partial charge >= 0.3 is 0 Å². The second-order valence-electron chi connectivity index (χ2n) is 4.47. The fourth-order valence-corrected chi connectivity index (χ4v) is 1.95. The van der Waals surface area contributed by atoms with E-state index >= 15 is 0 Å². The number of nitrogens with two attached hydrogens (primary N) is 1. The molecule has 2 N–H and O–H groups in total. The molecule has 1 aromatic carbocycles. The molecule has 3 rings (SSSR count). The maximum absolute atomic E-state index is 6.12. The summed E-state index contributed by atoms with van der Waals surface area (Å²) in [6, 6.07) is 13.1. The Bertz CT molecular complexity index is 667. The predicted molar refractivity (Wildman–Crippen MR) is 73.8 cm³/mol. The smallest absolute Gasteiger partial charge is 0.248 e. The lowest BCUT2D eigenvalue weighted by molar-refractivity contribution is 0.363. The molecule has 2 aromatic heterocycles. The average molecular weight is 266 g/mol. The molecule has 100 valence electrons. The molecule has 0 saturated carbocycles. The molecule has 1 atom stereocenters. The van der Waals surface area contributed by atoms with Crippen molar-refractivity contribution >= 4 is 0 Å². The van der Waals surface area contributed by atoms with Crippen molar-refractivity contribution in [2.75, 3.05) is 0 Å². The van der Waals surface area contributed by atoms with Crippen molar-refractivity contribution in [1.82, 2.24) is 15.1 Å². The summed E-state index contributed by atoms with van der Waals surface area (Å²) in [7, 11) is 0. The monoisotopic (exact) mass is 266 g/mol. The number of hydrogen-bond donors (Lipinski definition) is 1. The maximum atomic E-state index is 6.12. The van der Waals surface area contributed by atoms with Gasteiger partial charge in [0.15, 0.2) is 5.82 Å². The van der Waals surface area contributed by atoms with Crippen LogP contribution >= 0.6 is 0 Å². The molecule has 2 heterocycles. The second kappa shape index (κ2) is 5.63. The first-order chi connectivity index (χ1) is 9.83. The molecule has 0 radical (unpaired) electrons. The molecule has 1 unspecified atom stereocenters. The summed E-state index contributed by atoms with van der Waals surface area (Å²) in [6.07, 6.45) is 4.09. The first-order valence-electron chi connectivity index (χ1n) is 6.35. The first kappa shape index (κ1) is 12.5. The van der Waals surface area contributed by atoms with E-state index in [0.717, 1.165) is 11.1 Å². The van der Waals surface area contributed by atoms with E-state index < -0.39 is 6.04 Å². The van der Waals surface area contributed by atoms with Gasteiger partial charge in [-0.3, -0.25) is 4.98 Å². The first-order valence-corrected chi connectivity index (χ1v) is 6.35. The van der Waals surface area contributed by atoms with Crippen LogP contribution in [0.15, 0.2) is 59.4 Å². The quantitative estimate of drug-likeness (QED) is 0.782. The number of rotatable bonds is 4. The topological polar surface area (TPSA) is 77.8 Å². The SMILES string of the molecule is NC(c1ccccc1)c1nc(Cc2ccncc2)no1. The zero-order valence-corrected chi connectivity index (χ0v) is 10.8. The largest absolute Gasteiger partial charge is 0.337 e. The van der Waals surface area contributed by atoms with Gasteiger partial charge in [0, 0.05) is 18.8 Å². The fourth-order valence-electron chi connectivity index (χ4n) is 1.95. The van der Waals surface area contributed by atoms with Crippen molar-refractivity contribution in [3.63, 3.8) is 0 Å². The Kier molecular flexibility index (Phi) is 3.52. The van der Waals surface area contributed by atoms with E-state index in [1.165, 1.54) is 0 Å². The van der Waals surface area contributed by atoms with Crippen molar-refractivity contribution in [1.29, 1.82) is 0 Å². The van der Waals surface area contributed by atoms with Gasteiger partial charge in [0.25, 0.3) is 0 Å². The normalized spacial score (nSPS) is 12.2. The van der Waals surface area contributed by atoms with E-state index in [1.54, 1.807) is 12.4 Å². The minimum absolute atomic E-state index is 0.394. The summed E-state index contributed by atoms with van der Waals surface area (Å²) in [4.78, 5) is 8.33. The Balaban J connectivity index is 1.77. The standard InChI is InChI=1S/C15H14N4O/c16-14(12-4-2-1-3-5-12)15-18-13(19-20-15)10-11-6-8-17-9-7-11/h1-9,14H,10,16H2. The molecule has 0 aliphatic carbocycles. The molecule has 3 aromatic rings. The zero-order valence-electron chi connectivity index (χ0n) is 10.8. The number of hydrogen-bond acceptors (Lipinski definition) is 5. The lowest BCUT2D eigenvalue weighted by atomic mass is 10.1. The highest BCUT2D eigenvalue weighted by molar-refractivity contribution is 5.23. The number of nitrogens with zero attached hydrogens (tertiary/aromatic N) is 3. The summed E-state index contributed by atoms with van der Waals surface area (Å²) in [5.41, 5.74) is 8.15. The van der Waals surface area contributed by atoms with Gasteiger partial charge in [-0.25, -0.2) is 0 Å². The van der Waals surface area contributed by atoms with Crippen LogP contribution < -0.4 is 5.73 Å². The third-order valence-electron chi connectivity index (χ3n) is 3.02. The van der Waals surface area contributed by atoms with Crippen molar-refractivity contribution < 1.29 is 4.52 Å². The van der Waals surface area contributed by atoms with Crippen LogP contribution in [0.25, 0.3) is 0 Å². The second-order valence-corrected chi connectivity index (χ2v) is 4.47. The highest BCUT2D eigenvalue weighted by atomic mass is 16.5. The minimum Gasteiger partial charge on any atom is -0.337 e.